The average molecular weight is 525 g/mol. The molecule has 0 aliphatic heterocycles. The number of aromatic nitrogens is 1. The Hall–Kier alpha value is -3.65. The Bertz CT molecular complexity index is 1300. The number of carbonyl (C=O) groups is 3. The summed E-state index contributed by atoms with van der Waals surface area (Å²) in [5, 5.41) is 9.72. The van der Waals surface area contributed by atoms with Gasteiger partial charge in [-0.25, -0.2) is 0 Å². The Morgan fingerprint density at radius 2 is 1.70 bits per heavy atom. The molecule has 196 valence electrons. The molecule has 8 nitrogen and oxygen atoms in total. The van der Waals surface area contributed by atoms with E-state index >= 15 is 0 Å². The predicted octanol–water partition coefficient (Wildman–Crippen LogP) is 5.66. The van der Waals surface area contributed by atoms with Crippen LogP contribution in [-0.2, 0) is 14.4 Å². The van der Waals surface area contributed by atoms with Crippen LogP contribution in [0.2, 0.25) is 5.02 Å². The highest BCUT2D eigenvalue weighted by Crippen LogP contribution is 2.34. The number of nitrogens with zero attached hydrogens (tertiary/aromatic N) is 2. The zero-order valence-corrected chi connectivity index (χ0v) is 22.8. The van der Waals surface area contributed by atoms with E-state index in [1.54, 1.807) is 43.3 Å². The number of rotatable bonds is 8. The summed E-state index contributed by atoms with van der Waals surface area (Å²) in [5.74, 6) is -0.340. The van der Waals surface area contributed by atoms with Gasteiger partial charge in [0.2, 0.25) is 17.7 Å². The molecule has 0 saturated carbocycles. The lowest BCUT2D eigenvalue weighted by Crippen LogP contribution is -2.49. The molecule has 3 amide bonds. The lowest BCUT2D eigenvalue weighted by molar-refractivity contribution is -0.128. The lowest BCUT2D eigenvalue weighted by atomic mass is 9.99. The van der Waals surface area contributed by atoms with Crippen molar-refractivity contribution < 1.29 is 18.9 Å². The van der Waals surface area contributed by atoms with Crippen molar-refractivity contribution in [1.29, 1.82) is 0 Å². The maximum Gasteiger partial charge on any atom is 0.248 e. The number of hydrogen-bond donors (Lipinski definition) is 2. The molecular formula is C28H33ClN4O4. The van der Waals surface area contributed by atoms with E-state index in [0.29, 0.717) is 22.0 Å². The molecule has 1 atom stereocenters. The fourth-order valence-corrected chi connectivity index (χ4v) is 4.06. The third-order valence-corrected chi connectivity index (χ3v) is 6.05. The van der Waals surface area contributed by atoms with Gasteiger partial charge in [-0.05, 0) is 70.9 Å². The lowest BCUT2D eigenvalue weighted by Gasteiger charge is -2.34. The molecule has 1 unspecified atom stereocenters. The van der Waals surface area contributed by atoms with Crippen LogP contribution in [-0.4, -0.2) is 28.4 Å². The van der Waals surface area contributed by atoms with E-state index in [-0.39, 0.29) is 24.6 Å². The summed E-state index contributed by atoms with van der Waals surface area (Å²) in [6, 6.07) is 13.1. The number of hydrogen-bond acceptors (Lipinski definition) is 5. The fourth-order valence-electron chi connectivity index (χ4n) is 3.82. The van der Waals surface area contributed by atoms with E-state index in [2.05, 4.69) is 15.8 Å². The molecule has 0 bridgehead atoms. The van der Waals surface area contributed by atoms with Gasteiger partial charge in [-0.15, -0.1) is 0 Å². The van der Waals surface area contributed by atoms with Gasteiger partial charge in [-0.1, -0.05) is 41.0 Å². The Morgan fingerprint density at radius 1 is 1.00 bits per heavy atom. The number of halogens is 1. The first-order chi connectivity index (χ1) is 17.4. The van der Waals surface area contributed by atoms with E-state index in [9.17, 15) is 14.4 Å². The highest BCUT2D eigenvalue weighted by Gasteiger charge is 2.35. The maximum absolute atomic E-state index is 13.8. The molecule has 2 N–H and O–H groups in total. The average Bonchev–Trinajstić information content (AvgIpc) is 3.21. The van der Waals surface area contributed by atoms with E-state index < -0.39 is 23.4 Å². The first-order valence-electron chi connectivity index (χ1n) is 12.0. The van der Waals surface area contributed by atoms with Crippen LogP contribution in [0.15, 0.2) is 53.1 Å². The minimum Gasteiger partial charge on any atom is -0.360 e. The molecule has 0 fully saturated rings. The molecule has 0 spiro atoms. The van der Waals surface area contributed by atoms with Crippen LogP contribution in [0.5, 0.6) is 0 Å². The SMILES string of the molecule is Cc1cc(NC(=O)CCC(=O)N(c2ccc(C)c(C)c2)C(C(=O)NC(C)(C)C)c2ccccc2Cl)no1. The van der Waals surface area contributed by atoms with Gasteiger partial charge in [-0.2, -0.15) is 0 Å². The Morgan fingerprint density at radius 3 is 2.30 bits per heavy atom. The molecule has 0 aliphatic rings. The quantitative estimate of drug-likeness (QED) is 0.395. The summed E-state index contributed by atoms with van der Waals surface area (Å²) in [4.78, 5) is 41.5. The Labute approximate surface area is 222 Å². The Kier molecular flexibility index (Phi) is 8.76. The minimum atomic E-state index is -1.05. The molecule has 0 aliphatic carbocycles. The predicted molar refractivity (Wildman–Crippen MR) is 145 cm³/mol. The van der Waals surface area contributed by atoms with Crippen LogP contribution in [0.3, 0.4) is 0 Å². The monoisotopic (exact) mass is 524 g/mol. The third-order valence-electron chi connectivity index (χ3n) is 5.70. The van der Waals surface area contributed by atoms with E-state index in [1.165, 1.54) is 4.90 Å². The first-order valence-corrected chi connectivity index (χ1v) is 12.4. The first kappa shape index (κ1) is 27.9. The van der Waals surface area contributed by atoms with Crippen molar-refractivity contribution in [3.05, 3.63) is 76.0 Å². The number of benzene rings is 2. The van der Waals surface area contributed by atoms with Crippen molar-refractivity contribution >= 4 is 40.8 Å². The standard InChI is InChI=1S/C28H33ClN4O4/c1-17-11-12-20(15-18(17)2)33(25(35)14-13-24(34)30-23-16-19(3)37-32-23)26(27(36)31-28(4,5)6)21-9-7-8-10-22(21)29/h7-12,15-16,26H,13-14H2,1-6H3,(H,31,36)(H,30,32,34). The van der Waals surface area contributed by atoms with Gasteiger partial charge < -0.3 is 15.2 Å². The van der Waals surface area contributed by atoms with Gasteiger partial charge in [0.15, 0.2) is 5.82 Å². The van der Waals surface area contributed by atoms with Gasteiger partial charge in [0.25, 0.3) is 0 Å². The molecule has 3 aromatic rings. The highest BCUT2D eigenvalue weighted by molar-refractivity contribution is 6.31. The highest BCUT2D eigenvalue weighted by atomic mass is 35.5. The summed E-state index contributed by atoms with van der Waals surface area (Å²) < 4.78 is 4.97. The fraction of sp³-hybridized carbons (Fsp3) is 0.357. The summed E-state index contributed by atoms with van der Waals surface area (Å²) in [7, 11) is 0. The van der Waals surface area contributed by atoms with Crippen molar-refractivity contribution in [3.63, 3.8) is 0 Å². The molecule has 0 saturated heterocycles. The molecule has 1 aromatic heterocycles. The summed E-state index contributed by atoms with van der Waals surface area (Å²) >= 11 is 6.55. The van der Waals surface area contributed by atoms with E-state index in [4.69, 9.17) is 16.1 Å². The molecule has 3 rings (SSSR count). The number of anilines is 2. The van der Waals surface area contributed by atoms with Crippen LogP contribution in [0, 0.1) is 20.8 Å². The van der Waals surface area contributed by atoms with Crippen molar-refractivity contribution in [1.82, 2.24) is 10.5 Å². The second-order valence-electron chi connectivity index (χ2n) is 10.1. The molecule has 9 heteroatoms. The minimum absolute atomic E-state index is 0.109. The smallest absolute Gasteiger partial charge is 0.248 e. The zero-order valence-electron chi connectivity index (χ0n) is 22.0. The molecule has 37 heavy (non-hydrogen) atoms. The molecular weight excluding hydrogens is 492 g/mol. The third kappa shape index (κ3) is 7.43. The van der Waals surface area contributed by atoms with Gasteiger partial charge in [0, 0.05) is 40.7 Å². The van der Waals surface area contributed by atoms with Gasteiger partial charge in [0.1, 0.15) is 11.8 Å². The van der Waals surface area contributed by atoms with E-state index in [1.807, 2.05) is 46.8 Å². The normalized spacial score (nSPS) is 12.1. The largest absolute Gasteiger partial charge is 0.360 e. The second kappa shape index (κ2) is 11.6. The number of amides is 3. The van der Waals surface area contributed by atoms with Crippen molar-refractivity contribution in [2.75, 3.05) is 10.2 Å². The molecule has 0 radical (unpaired) electrons. The Balaban J connectivity index is 2.00. The molecule has 1 heterocycles. The summed E-state index contributed by atoms with van der Waals surface area (Å²) in [5.41, 5.74) is 2.48. The summed E-state index contributed by atoms with van der Waals surface area (Å²) in [6.07, 6.45) is -0.248. The summed E-state index contributed by atoms with van der Waals surface area (Å²) in [6.45, 7) is 11.2. The van der Waals surface area contributed by atoms with E-state index in [0.717, 1.165) is 11.1 Å². The number of nitrogens with one attached hydrogen (secondary N) is 2. The van der Waals surface area contributed by atoms with Gasteiger partial charge >= 0.3 is 0 Å². The van der Waals surface area contributed by atoms with Gasteiger partial charge in [0.05, 0.1) is 0 Å². The second-order valence-corrected chi connectivity index (χ2v) is 10.5. The maximum atomic E-state index is 13.8. The van der Waals surface area contributed by atoms with Crippen molar-refractivity contribution in [2.45, 2.75) is 66.0 Å². The van der Waals surface area contributed by atoms with Gasteiger partial charge in [-0.3, -0.25) is 19.3 Å². The molecule has 2 aromatic carbocycles. The van der Waals surface area contributed by atoms with Crippen LogP contribution in [0.1, 0.15) is 62.1 Å². The van der Waals surface area contributed by atoms with Crippen LogP contribution in [0.25, 0.3) is 0 Å². The van der Waals surface area contributed by atoms with Crippen molar-refractivity contribution in [3.8, 4) is 0 Å². The van der Waals surface area contributed by atoms with Crippen LogP contribution in [0.4, 0.5) is 11.5 Å². The van der Waals surface area contributed by atoms with Crippen LogP contribution < -0.4 is 15.5 Å². The topological polar surface area (TPSA) is 105 Å². The number of aryl methyl sites for hydroxylation is 3. The van der Waals surface area contributed by atoms with Crippen LogP contribution >= 0.6 is 11.6 Å². The van der Waals surface area contributed by atoms with Crippen molar-refractivity contribution in [2.24, 2.45) is 0 Å². The zero-order chi connectivity index (χ0) is 27.3. The number of carbonyl (C=O) groups excluding carboxylic acids is 3.